The molecule has 0 saturated heterocycles. The molecule has 4 N–H and O–H groups in total. The average molecular weight is 593 g/mol. The van der Waals surface area contributed by atoms with E-state index in [1.807, 2.05) is 37.3 Å². The van der Waals surface area contributed by atoms with Crippen LogP contribution < -0.4 is 0 Å². The highest BCUT2D eigenvalue weighted by atomic mass is 32.2. The van der Waals surface area contributed by atoms with Crippen LogP contribution in [0.25, 0.3) is 6.08 Å². The van der Waals surface area contributed by atoms with Gasteiger partial charge in [-0.25, -0.2) is 9.59 Å². The van der Waals surface area contributed by atoms with Gasteiger partial charge in [0.1, 0.15) is 6.61 Å². The first-order valence-electron chi connectivity index (χ1n) is 12.3. The lowest BCUT2D eigenvalue weighted by Crippen LogP contribution is -2.48. The number of aliphatic carboxylic acids is 3. The molecule has 0 amide bonds. The number of carboxylic acids is 3. The van der Waals surface area contributed by atoms with Crippen LogP contribution in [0.2, 0.25) is 0 Å². The summed E-state index contributed by atoms with van der Waals surface area (Å²) in [7, 11) is -4.97. The minimum absolute atomic E-state index is 0.156. The number of unbranched alkanes of at least 4 members (excludes halogenated alkanes) is 1. The summed E-state index contributed by atoms with van der Waals surface area (Å²) in [6.45, 7) is 9.67. The van der Waals surface area contributed by atoms with E-state index < -0.39 is 51.6 Å². The Kier molecular flexibility index (Phi) is 16.2. The number of hydrogen-bond donors (Lipinski definition) is 4. The Labute approximate surface area is 239 Å². The zero-order valence-electron chi connectivity index (χ0n) is 23.0. The summed E-state index contributed by atoms with van der Waals surface area (Å²) in [5, 5.41) is 27.1. The molecule has 1 aromatic rings. The van der Waals surface area contributed by atoms with Gasteiger partial charge >= 0.3 is 23.9 Å². The van der Waals surface area contributed by atoms with Crippen molar-refractivity contribution in [2.24, 2.45) is 0 Å². The quantitative estimate of drug-likeness (QED) is 0.0684. The summed E-state index contributed by atoms with van der Waals surface area (Å²) in [6.07, 6.45) is 7.46. The lowest BCUT2D eigenvalue weighted by atomic mass is 10.0. The van der Waals surface area contributed by atoms with Crippen molar-refractivity contribution >= 4 is 40.1 Å². The number of rotatable bonds is 16. The van der Waals surface area contributed by atoms with Crippen molar-refractivity contribution in [3.05, 3.63) is 90.1 Å². The number of allylic oxidation sites excluding steroid dienone is 4. The number of esters is 1. The number of hydrogen-bond acceptors (Lipinski definition) is 7. The summed E-state index contributed by atoms with van der Waals surface area (Å²) in [5.74, 6) is -4.92. The first kappa shape index (κ1) is 36.7. The van der Waals surface area contributed by atoms with Crippen molar-refractivity contribution < 1.29 is 52.2 Å². The van der Waals surface area contributed by atoms with Crippen LogP contribution in [-0.4, -0.2) is 63.5 Å². The van der Waals surface area contributed by atoms with E-state index in [0.29, 0.717) is 12.0 Å². The predicted octanol–water partition coefficient (Wildman–Crippen LogP) is 4.70. The standard InChI is InChI=1S/C19H22O4.C10H14O7S/c1-3-4-10-17(19(22)23)13-16(11-14(2)18(20)21)12-15-8-6-5-7-9-15;1-3-5-10(7-8(11)12,18(14,15)16)9(13)17-6-4-2/h5-9,11-13H,3-4,10H2,1-2H3,(H,20,21)(H,22,23);3-4H,1-2,5-7H2,(H,11,12)(H,14,15,16). The molecule has 0 radical (unpaired) electrons. The van der Waals surface area contributed by atoms with E-state index in [1.165, 1.54) is 19.1 Å². The average Bonchev–Trinajstić information content (AvgIpc) is 2.89. The van der Waals surface area contributed by atoms with Crippen LogP contribution in [0.5, 0.6) is 0 Å². The highest BCUT2D eigenvalue weighted by Crippen LogP contribution is 2.28. The third kappa shape index (κ3) is 13.1. The van der Waals surface area contributed by atoms with Crippen LogP contribution in [0.15, 0.2) is 84.5 Å². The van der Waals surface area contributed by atoms with Crippen LogP contribution in [0.3, 0.4) is 0 Å². The molecule has 1 atom stereocenters. The normalized spacial score (nSPS) is 13.6. The van der Waals surface area contributed by atoms with Gasteiger partial charge in [0.25, 0.3) is 10.1 Å². The van der Waals surface area contributed by atoms with Crippen LogP contribution in [0.1, 0.15) is 51.5 Å². The van der Waals surface area contributed by atoms with Gasteiger partial charge in [0.2, 0.25) is 4.75 Å². The van der Waals surface area contributed by atoms with E-state index >= 15 is 0 Å². The molecular weight excluding hydrogens is 556 g/mol. The van der Waals surface area contributed by atoms with E-state index in [0.717, 1.165) is 24.5 Å². The molecule has 0 spiro atoms. The lowest BCUT2D eigenvalue weighted by molar-refractivity contribution is -0.150. The molecule has 0 heterocycles. The number of carbonyl (C=O) groups is 4. The van der Waals surface area contributed by atoms with Gasteiger partial charge in [-0.2, -0.15) is 8.42 Å². The largest absolute Gasteiger partial charge is 0.481 e. The fraction of sp³-hybridized carbons (Fsp3) is 0.310. The first-order chi connectivity index (χ1) is 19.1. The molecule has 0 aliphatic carbocycles. The Balaban J connectivity index is 0.000000807. The lowest BCUT2D eigenvalue weighted by Gasteiger charge is -2.25. The number of carboxylic acid groups (broad SMARTS) is 3. The highest BCUT2D eigenvalue weighted by molar-refractivity contribution is 7.88. The van der Waals surface area contributed by atoms with Crippen molar-refractivity contribution in [1.29, 1.82) is 0 Å². The molecular formula is C29H36O11S. The molecule has 0 aliphatic heterocycles. The molecule has 0 aliphatic rings. The maximum atomic E-state index is 11.7. The molecule has 1 aromatic carbocycles. The zero-order valence-corrected chi connectivity index (χ0v) is 23.8. The van der Waals surface area contributed by atoms with Crippen molar-refractivity contribution in [2.75, 3.05) is 6.61 Å². The molecule has 12 heteroatoms. The zero-order chi connectivity index (χ0) is 31.6. The van der Waals surface area contributed by atoms with Crippen molar-refractivity contribution in [1.82, 2.24) is 0 Å². The second kappa shape index (κ2) is 18.1. The minimum Gasteiger partial charge on any atom is -0.481 e. The minimum atomic E-state index is -4.97. The van der Waals surface area contributed by atoms with Crippen LogP contribution >= 0.6 is 0 Å². The molecule has 1 unspecified atom stereocenters. The fourth-order valence-electron chi connectivity index (χ4n) is 3.26. The fourth-order valence-corrected chi connectivity index (χ4v) is 4.16. The smallest absolute Gasteiger partial charge is 0.331 e. The Hall–Kier alpha value is -4.29. The van der Waals surface area contributed by atoms with Gasteiger partial charge in [-0.15, -0.1) is 6.58 Å². The Morgan fingerprint density at radius 2 is 1.59 bits per heavy atom. The van der Waals surface area contributed by atoms with Crippen LogP contribution in [0, 0.1) is 0 Å². The van der Waals surface area contributed by atoms with Gasteiger partial charge in [0.05, 0.1) is 6.42 Å². The third-order valence-corrected chi connectivity index (χ3v) is 6.84. The van der Waals surface area contributed by atoms with E-state index in [9.17, 15) is 32.7 Å². The number of ether oxygens (including phenoxy) is 1. The molecule has 0 fully saturated rings. The second-order valence-electron chi connectivity index (χ2n) is 8.69. The maximum absolute atomic E-state index is 11.7. The monoisotopic (exact) mass is 592 g/mol. The predicted molar refractivity (Wildman–Crippen MR) is 154 cm³/mol. The van der Waals surface area contributed by atoms with E-state index in [2.05, 4.69) is 17.9 Å². The summed E-state index contributed by atoms with van der Waals surface area (Å²) in [4.78, 5) is 44.8. The number of benzene rings is 1. The van der Waals surface area contributed by atoms with E-state index in [-0.39, 0.29) is 17.8 Å². The molecule has 224 valence electrons. The van der Waals surface area contributed by atoms with Gasteiger partial charge in [-0.3, -0.25) is 14.1 Å². The molecule has 0 saturated carbocycles. The molecule has 0 aromatic heterocycles. The Morgan fingerprint density at radius 3 is 2.02 bits per heavy atom. The first-order valence-corrected chi connectivity index (χ1v) is 13.8. The van der Waals surface area contributed by atoms with Crippen LogP contribution in [-0.2, 0) is 34.0 Å². The third-order valence-electron chi connectivity index (χ3n) is 5.38. The SMILES string of the molecule is C=CCOC(=O)C(CC=C)(CC(=O)O)S(=O)(=O)O.CCCCC(=CC(=Cc1ccccc1)C=C(C)C(=O)O)C(=O)O. The molecule has 1 rings (SSSR count). The molecule has 0 bridgehead atoms. The van der Waals surface area contributed by atoms with Gasteiger partial charge in [0, 0.05) is 11.1 Å². The Morgan fingerprint density at radius 1 is 0.976 bits per heavy atom. The van der Waals surface area contributed by atoms with Gasteiger partial charge < -0.3 is 20.1 Å². The van der Waals surface area contributed by atoms with Crippen molar-refractivity contribution in [2.45, 2.75) is 50.7 Å². The van der Waals surface area contributed by atoms with Gasteiger partial charge in [-0.05, 0) is 55.6 Å². The topological polar surface area (TPSA) is 193 Å². The number of carbonyl (C=O) groups excluding carboxylic acids is 1. The summed E-state index contributed by atoms with van der Waals surface area (Å²) in [5.41, 5.74) is 1.88. The van der Waals surface area contributed by atoms with E-state index in [1.54, 1.807) is 12.2 Å². The van der Waals surface area contributed by atoms with Crippen molar-refractivity contribution in [3.63, 3.8) is 0 Å². The van der Waals surface area contributed by atoms with Gasteiger partial charge in [-0.1, -0.05) is 62.4 Å². The Bertz CT molecular complexity index is 1290. The second-order valence-corrected chi connectivity index (χ2v) is 10.4. The summed E-state index contributed by atoms with van der Waals surface area (Å²) >= 11 is 0. The summed E-state index contributed by atoms with van der Waals surface area (Å²) < 4.78 is 33.7. The highest BCUT2D eigenvalue weighted by Gasteiger charge is 2.52. The molecule has 41 heavy (non-hydrogen) atoms. The van der Waals surface area contributed by atoms with E-state index in [4.69, 9.17) is 14.8 Å². The maximum Gasteiger partial charge on any atom is 0.331 e. The van der Waals surface area contributed by atoms with Crippen molar-refractivity contribution in [3.8, 4) is 0 Å². The van der Waals surface area contributed by atoms with Crippen LogP contribution in [0.4, 0.5) is 0 Å². The molecule has 11 nitrogen and oxygen atoms in total. The summed E-state index contributed by atoms with van der Waals surface area (Å²) in [6, 6.07) is 9.38. The van der Waals surface area contributed by atoms with Gasteiger partial charge in [0.15, 0.2) is 0 Å².